The van der Waals surface area contributed by atoms with Crippen LogP contribution >= 0.6 is 0 Å². The third kappa shape index (κ3) is 5.59. The molecule has 1 N–H and O–H groups in total. The number of benzene rings is 2. The maximum absolute atomic E-state index is 12.4. The van der Waals surface area contributed by atoms with Crippen LogP contribution in [0.5, 0.6) is 5.75 Å². The molecule has 0 atom stereocenters. The fraction of sp³-hybridized carbons (Fsp3) is 0.391. The molecule has 2 rings (SSSR count). The van der Waals surface area contributed by atoms with Crippen LogP contribution in [0, 0.1) is 6.92 Å². The third-order valence-electron chi connectivity index (χ3n) is 4.60. The lowest BCUT2D eigenvalue weighted by molar-refractivity contribution is -0.117. The van der Waals surface area contributed by atoms with Gasteiger partial charge in [-0.05, 0) is 47.7 Å². The van der Waals surface area contributed by atoms with Crippen LogP contribution in [0.25, 0.3) is 0 Å². The van der Waals surface area contributed by atoms with Crippen LogP contribution in [0.4, 0.5) is 11.4 Å². The molecule has 28 heavy (non-hydrogen) atoms. The van der Waals surface area contributed by atoms with Gasteiger partial charge in [0.15, 0.2) is 0 Å². The number of hydrogen-bond donors (Lipinski definition) is 1. The van der Waals surface area contributed by atoms with E-state index in [9.17, 15) is 9.59 Å². The predicted octanol–water partition coefficient (Wildman–Crippen LogP) is 4.68. The van der Waals surface area contributed by atoms with Gasteiger partial charge in [0.25, 0.3) is 0 Å². The summed E-state index contributed by atoms with van der Waals surface area (Å²) >= 11 is 0. The Hall–Kier alpha value is -2.82. The molecule has 0 unspecified atom stereocenters. The van der Waals surface area contributed by atoms with Gasteiger partial charge < -0.3 is 15.0 Å². The number of amides is 2. The maximum atomic E-state index is 12.4. The van der Waals surface area contributed by atoms with E-state index >= 15 is 0 Å². The first-order chi connectivity index (χ1) is 13.1. The third-order valence-corrected chi connectivity index (χ3v) is 4.60. The van der Waals surface area contributed by atoms with Crippen molar-refractivity contribution < 1.29 is 14.3 Å². The summed E-state index contributed by atoms with van der Waals surface area (Å²) in [7, 11) is 1.57. The molecule has 5 nitrogen and oxygen atoms in total. The largest absolute Gasteiger partial charge is 0.495 e. The average molecular weight is 383 g/mol. The zero-order valence-electron chi connectivity index (χ0n) is 17.6. The van der Waals surface area contributed by atoms with Crippen LogP contribution in [0.2, 0.25) is 0 Å². The Bertz CT molecular complexity index is 836. The number of ether oxygens (including phenoxy) is 1. The van der Waals surface area contributed by atoms with E-state index in [1.807, 2.05) is 49.4 Å². The molecule has 0 saturated carbocycles. The molecule has 2 amide bonds. The highest BCUT2D eigenvalue weighted by Gasteiger charge is 2.18. The van der Waals surface area contributed by atoms with Crippen LogP contribution in [0.15, 0.2) is 42.5 Å². The Balaban J connectivity index is 2.05. The highest BCUT2D eigenvalue weighted by Crippen LogP contribution is 2.29. The normalized spacial score (nSPS) is 11.1. The Labute approximate surface area is 167 Å². The Morgan fingerprint density at radius 2 is 1.71 bits per heavy atom. The maximum Gasteiger partial charge on any atom is 0.226 e. The van der Waals surface area contributed by atoms with Crippen molar-refractivity contribution in [3.63, 3.8) is 0 Å². The van der Waals surface area contributed by atoms with Gasteiger partial charge in [0, 0.05) is 25.6 Å². The smallest absolute Gasteiger partial charge is 0.226 e. The molecule has 0 bridgehead atoms. The predicted molar refractivity (Wildman–Crippen MR) is 114 cm³/mol. The van der Waals surface area contributed by atoms with E-state index in [1.54, 1.807) is 12.0 Å². The lowest BCUT2D eigenvalue weighted by atomic mass is 9.87. The van der Waals surface area contributed by atoms with Crippen molar-refractivity contribution in [2.45, 2.75) is 46.5 Å². The molecule has 0 aliphatic heterocycles. The molecule has 2 aromatic carbocycles. The van der Waals surface area contributed by atoms with Crippen LogP contribution in [0.1, 0.15) is 45.2 Å². The molecule has 5 heteroatoms. The molecular weight excluding hydrogens is 352 g/mol. The van der Waals surface area contributed by atoms with E-state index < -0.39 is 0 Å². The minimum absolute atomic E-state index is 0.0669. The first-order valence-electron chi connectivity index (χ1n) is 9.45. The average Bonchev–Trinajstić information content (AvgIpc) is 2.61. The summed E-state index contributed by atoms with van der Waals surface area (Å²) in [6, 6.07) is 13.5. The van der Waals surface area contributed by atoms with E-state index in [4.69, 9.17) is 4.74 Å². The minimum atomic E-state index is -0.138. The van der Waals surface area contributed by atoms with E-state index in [2.05, 4.69) is 26.1 Å². The number of aryl methyl sites for hydroxylation is 1. The van der Waals surface area contributed by atoms with Gasteiger partial charge in [-0.1, -0.05) is 39.0 Å². The number of carbonyl (C=O) groups excluding carboxylic acids is 2. The fourth-order valence-corrected chi connectivity index (χ4v) is 2.95. The van der Waals surface area contributed by atoms with Crippen molar-refractivity contribution in [3.05, 3.63) is 53.6 Å². The summed E-state index contributed by atoms with van der Waals surface area (Å²) in [6.07, 6.45) is 0.192. The van der Waals surface area contributed by atoms with E-state index in [0.717, 1.165) is 11.3 Å². The van der Waals surface area contributed by atoms with Gasteiger partial charge in [0.2, 0.25) is 11.8 Å². The van der Waals surface area contributed by atoms with Crippen LogP contribution < -0.4 is 15.0 Å². The zero-order chi connectivity index (χ0) is 20.9. The second-order valence-corrected chi connectivity index (χ2v) is 7.97. The number of anilines is 2. The molecule has 0 spiro atoms. The molecule has 0 radical (unpaired) electrons. The molecule has 0 aliphatic rings. The Kier molecular flexibility index (Phi) is 6.84. The van der Waals surface area contributed by atoms with E-state index in [1.165, 1.54) is 12.5 Å². The van der Waals surface area contributed by atoms with Gasteiger partial charge in [-0.25, -0.2) is 0 Å². The quantitative estimate of drug-likeness (QED) is 0.789. The van der Waals surface area contributed by atoms with Crippen LogP contribution in [0.3, 0.4) is 0 Å². The number of carbonyl (C=O) groups is 2. The number of nitrogens with zero attached hydrogens (tertiary/aromatic N) is 1. The van der Waals surface area contributed by atoms with Crippen molar-refractivity contribution in [2.24, 2.45) is 0 Å². The lowest BCUT2D eigenvalue weighted by Crippen LogP contribution is -2.32. The van der Waals surface area contributed by atoms with Crippen LogP contribution in [-0.2, 0) is 15.0 Å². The minimum Gasteiger partial charge on any atom is -0.495 e. The molecular formula is C23H30N2O3. The summed E-state index contributed by atoms with van der Waals surface area (Å²) < 4.78 is 5.38. The molecule has 0 aromatic heterocycles. The monoisotopic (exact) mass is 382 g/mol. The van der Waals surface area contributed by atoms with Crippen molar-refractivity contribution in [3.8, 4) is 5.75 Å². The molecule has 0 aliphatic carbocycles. The number of nitrogens with one attached hydrogen (secondary N) is 1. The van der Waals surface area contributed by atoms with Crippen molar-refractivity contribution in [1.29, 1.82) is 0 Å². The first-order valence-corrected chi connectivity index (χ1v) is 9.45. The summed E-state index contributed by atoms with van der Waals surface area (Å²) in [5.74, 6) is 0.339. The molecule has 0 heterocycles. The van der Waals surface area contributed by atoms with Crippen molar-refractivity contribution >= 4 is 23.2 Å². The van der Waals surface area contributed by atoms with Gasteiger partial charge in [0.05, 0.1) is 12.8 Å². The molecule has 2 aromatic rings. The van der Waals surface area contributed by atoms with Gasteiger partial charge >= 0.3 is 0 Å². The van der Waals surface area contributed by atoms with Gasteiger partial charge in [0.1, 0.15) is 5.75 Å². The van der Waals surface area contributed by atoms with Gasteiger partial charge in [-0.3, -0.25) is 9.59 Å². The highest BCUT2D eigenvalue weighted by atomic mass is 16.5. The van der Waals surface area contributed by atoms with Gasteiger partial charge in [-0.2, -0.15) is 0 Å². The second kappa shape index (κ2) is 8.91. The summed E-state index contributed by atoms with van der Waals surface area (Å²) in [5, 5.41) is 2.90. The summed E-state index contributed by atoms with van der Waals surface area (Å²) in [4.78, 5) is 26.1. The number of hydrogen-bond acceptors (Lipinski definition) is 3. The fourth-order valence-electron chi connectivity index (χ4n) is 2.95. The number of methoxy groups -OCH3 is 1. The SMILES string of the molecule is COc1ccc(C)cc1N(CCC(=O)Nc1ccc(C(C)(C)C)cc1)C(C)=O. The van der Waals surface area contributed by atoms with E-state index in [0.29, 0.717) is 11.4 Å². The molecule has 0 fully saturated rings. The lowest BCUT2D eigenvalue weighted by Gasteiger charge is -2.23. The Morgan fingerprint density at radius 3 is 2.25 bits per heavy atom. The van der Waals surface area contributed by atoms with Crippen molar-refractivity contribution in [2.75, 3.05) is 23.9 Å². The zero-order valence-corrected chi connectivity index (χ0v) is 17.6. The van der Waals surface area contributed by atoms with Gasteiger partial charge in [-0.15, -0.1) is 0 Å². The summed E-state index contributed by atoms with van der Waals surface area (Å²) in [6.45, 7) is 10.2. The Morgan fingerprint density at radius 1 is 1.07 bits per heavy atom. The highest BCUT2D eigenvalue weighted by molar-refractivity contribution is 5.95. The van der Waals surface area contributed by atoms with Crippen LogP contribution in [-0.4, -0.2) is 25.5 Å². The standard InChI is InChI=1S/C23H30N2O3/c1-16-7-12-21(28-6)20(15-16)25(17(2)26)14-13-22(27)24-19-10-8-18(9-11-19)23(3,4)5/h7-12,15H,13-14H2,1-6H3,(H,24,27). The van der Waals surface area contributed by atoms with Crippen molar-refractivity contribution in [1.82, 2.24) is 0 Å². The molecule has 0 saturated heterocycles. The summed E-state index contributed by atoms with van der Waals surface area (Å²) in [5.41, 5.74) is 3.72. The topological polar surface area (TPSA) is 58.6 Å². The second-order valence-electron chi connectivity index (χ2n) is 7.97. The molecule has 150 valence electrons. The number of rotatable bonds is 6. The van der Waals surface area contributed by atoms with E-state index in [-0.39, 0.29) is 30.2 Å². The first kappa shape index (κ1) is 21.5.